The molecule has 0 saturated carbocycles. The Bertz CT molecular complexity index is 672. The number of phenols is 1. The lowest BCUT2D eigenvalue weighted by molar-refractivity contribution is -0.141. The molecule has 0 aliphatic heterocycles. The molecule has 1 aromatic carbocycles. The maximum absolute atomic E-state index is 12.4. The predicted octanol–water partition coefficient (Wildman–Crippen LogP) is 3.66. The first-order valence-corrected chi connectivity index (χ1v) is 6.68. The van der Waals surface area contributed by atoms with Crippen molar-refractivity contribution in [2.75, 3.05) is 5.32 Å². The number of halogens is 4. The van der Waals surface area contributed by atoms with Crippen LogP contribution in [-0.2, 0) is 6.18 Å². The van der Waals surface area contributed by atoms with E-state index in [4.69, 9.17) is 0 Å². The van der Waals surface area contributed by atoms with E-state index in [-0.39, 0.29) is 17.0 Å². The average Bonchev–Trinajstić information content (AvgIpc) is 2.41. The number of anilines is 1. The second kappa shape index (κ2) is 5.88. The molecule has 2 N–H and O–H groups in total. The number of benzene rings is 1. The summed E-state index contributed by atoms with van der Waals surface area (Å²) in [5.41, 5.74) is -0.911. The lowest BCUT2D eigenvalue weighted by Gasteiger charge is -2.09. The fourth-order valence-corrected chi connectivity index (χ4v) is 2.02. The van der Waals surface area contributed by atoms with Crippen LogP contribution in [0.25, 0.3) is 0 Å². The maximum Gasteiger partial charge on any atom is 0.433 e. The number of aromatic hydroxyl groups is 1. The third kappa shape index (κ3) is 3.84. The van der Waals surface area contributed by atoms with Gasteiger partial charge in [0.1, 0.15) is 11.4 Å². The monoisotopic (exact) mass is 408 g/mol. The van der Waals surface area contributed by atoms with Crippen LogP contribution in [-0.4, -0.2) is 16.0 Å². The fourth-order valence-electron chi connectivity index (χ4n) is 1.52. The summed E-state index contributed by atoms with van der Waals surface area (Å²) in [5, 5.41) is 12.0. The second-order valence-corrected chi connectivity index (χ2v) is 5.29. The molecule has 0 aliphatic rings. The van der Waals surface area contributed by atoms with Gasteiger partial charge in [-0.25, -0.2) is 4.98 Å². The molecule has 110 valence electrons. The van der Waals surface area contributed by atoms with Gasteiger partial charge in [-0.1, -0.05) is 0 Å². The number of nitrogens with one attached hydrogen (secondary N) is 1. The van der Waals surface area contributed by atoms with Crippen molar-refractivity contribution >= 4 is 34.2 Å². The molecule has 1 heterocycles. The van der Waals surface area contributed by atoms with Gasteiger partial charge in [0.15, 0.2) is 0 Å². The third-order valence-corrected chi connectivity index (χ3v) is 3.19. The molecule has 0 radical (unpaired) electrons. The topological polar surface area (TPSA) is 62.2 Å². The van der Waals surface area contributed by atoms with Crippen molar-refractivity contribution in [1.82, 2.24) is 4.98 Å². The van der Waals surface area contributed by atoms with Gasteiger partial charge in [-0.15, -0.1) is 0 Å². The number of rotatable bonds is 2. The molecule has 0 bridgehead atoms. The first-order chi connectivity index (χ1) is 9.77. The van der Waals surface area contributed by atoms with Crippen LogP contribution in [0.1, 0.15) is 16.1 Å². The van der Waals surface area contributed by atoms with Gasteiger partial charge in [-0.05, 0) is 52.9 Å². The number of amides is 1. The molecule has 0 atom stereocenters. The van der Waals surface area contributed by atoms with Gasteiger partial charge in [0.2, 0.25) is 0 Å². The summed E-state index contributed by atoms with van der Waals surface area (Å²) in [6.45, 7) is 0. The number of nitrogens with zero attached hydrogens (tertiary/aromatic N) is 1. The van der Waals surface area contributed by atoms with E-state index >= 15 is 0 Å². The Morgan fingerprint density at radius 3 is 2.52 bits per heavy atom. The van der Waals surface area contributed by atoms with Gasteiger partial charge >= 0.3 is 6.18 Å². The quantitative estimate of drug-likeness (QED) is 0.746. The summed E-state index contributed by atoms with van der Waals surface area (Å²) < 4.78 is 37.8. The van der Waals surface area contributed by atoms with E-state index in [1.165, 1.54) is 12.1 Å². The Labute approximate surface area is 131 Å². The minimum atomic E-state index is -4.53. The number of carbonyl (C=O) groups excluding carboxylic acids is 1. The molecule has 0 aliphatic carbocycles. The molecule has 4 nitrogen and oxygen atoms in total. The summed E-state index contributed by atoms with van der Waals surface area (Å²) >= 11 is 1.97. The summed E-state index contributed by atoms with van der Waals surface area (Å²) in [6.07, 6.45) is -3.62. The van der Waals surface area contributed by atoms with Crippen LogP contribution >= 0.6 is 22.6 Å². The van der Waals surface area contributed by atoms with Crippen molar-refractivity contribution in [3.63, 3.8) is 0 Å². The molecule has 2 rings (SSSR count). The molecule has 0 fully saturated rings. The summed E-state index contributed by atoms with van der Waals surface area (Å²) in [5.74, 6) is -0.847. The van der Waals surface area contributed by atoms with E-state index in [0.29, 0.717) is 0 Å². The minimum absolute atomic E-state index is 0.0294. The Hall–Kier alpha value is -1.84. The molecule has 8 heteroatoms. The Morgan fingerprint density at radius 1 is 1.24 bits per heavy atom. The van der Waals surface area contributed by atoms with Gasteiger partial charge in [0.05, 0.1) is 17.4 Å². The molecule has 1 aromatic heterocycles. The maximum atomic E-state index is 12.4. The van der Waals surface area contributed by atoms with Gasteiger partial charge in [-0.2, -0.15) is 13.2 Å². The van der Waals surface area contributed by atoms with Crippen LogP contribution < -0.4 is 5.32 Å². The molecule has 0 spiro atoms. The highest BCUT2D eigenvalue weighted by molar-refractivity contribution is 14.1. The first-order valence-electron chi connectivity index (χ1n) is 5.60. The lowest BCUT2D eigenvalue weighted by atomic mass is 10.2. The molecule has 0 unspecified atom stereocenters. The highest BCUT2D eigenvalue weighted by Gasteiger charge is 2.32. The van der Waals surface area contributed by atoms with Crippen LogP contribution in [0, 0.1) is 3.57 Å². The van der Waals surface area contributed by atoms with Crippen LogP contribution in [0.2, 0.25) is 0 Å². The second-order valence-electron chi connectivity index (χ2n) is 4.05. The number of pyridine rings is 1. The number of hydrogen-bond donors (Lipinski definition) is 2. The summed E-state index contributed by atoms with van der Waals surface area (Å²) in [6, 6.07) is 6.31. The van der Waals surface area contributed by atoms with E-state index in [9.17, 15) is 23.1 Å². The van der Waals surface area contributed by atoms with Crippen LogP contribution in [0.5, 0.6) is 5.75 Å². The number of aromatic nitrogens is 1. The van der Waals surface area contributed by atoms with Gasteiger partial charge in [0.25, 0.3) is 5.91 Å². The number of alkyl halides is 3. The van der Waals surface area contributed by atoms with E-state index in [0.717, 1.165) is 21.9 Å². The summed E-state index contributed by atoms with van der Waals surface area (Å²) in [4.78, 5) is 15.2. The van der Waals surface area contributed by atoms with Crippen molar-refractivity contribution in [2.45, 2.75) is 6.18 Å². The van der Waals surface area contributed by atoms with Crippen LogP contribution in [0.4, 0.5) is 18.9 Å². The number of carbonyl (C=O) groups is 1. The van der Waals surface area contributed by atoms with Gasteiger partial charge in [-0.3, -0.25) is 4.79 Å². The predicted molar refractivity (Wildman–Crippen MR) is 78.0 cm³/mol. The van der Waals surface area contributed by atoms with Crippen LogP contribution in [0.3, 0.4) is 0 Å². The fraction of sp³-hybridized carbons (Fsp3) is 0.0769. The largest absolute Gasteiger partial charge is 0.507 e. The van der Waals surface area contributed by atoms with E-state index in [1.807, 2.05) is 22.6 Å². The van der Waals surface area contributed by atoms with Crippen molar-refractivity contribution in [3.8, 4) is 5.75 Å². The smallest absolute Gasteiger partial charge is 0.433 e. The number of phenolic OH excluding ortho intramolecular Hbond substituents is 1. The lowest BCUT2D eigenvalue weighted by Crippen LogP contribution is -2.13. The highest BCUT2D eigenvalue weighted by atomic mass is 127. The zero-order valence-corrected chi connectivity index (χ0v) is 12.4. The molecule has 1 amide bonds. The Morgan fingerprint density at radius 2 is 1.95 bits per heavy atom. The van der Waals surface area contributed by atoms with E-state index in [1.54, 1.807) is 6.07 Å². The SMILES string of the molecule is O=C(Nc1ccc(C(F)(F)F)nc1)c1cc(I)ccc1O. The molecular formula is C13H8F3IN2O2. The third-order valence-electron chi connectivity index (χ3n) is 2.52. The van der Waals surface area contributed by atoms with E-state index < -0.39 is 17.8 Å². The van der Waals surface area contributed by atoms with Crippen molar-refractivity contribution in [3.05, 3.63) is 51.4 Å². The zero-order chi connectivity index (χ0) is 15.6. The molecule has 0 saturated heterocycles. The first kappa shape index (κ1) is 15.5. The zero-order valence-electron chi connectivity index (χ0n) is 10.3. The molecule has 2 aromatic rings. The summed E-state index contributed by atoms with van der Waals surface area (Å²) in [7, 11) is 0. The van der Waals surface area contributed by atoms with Crippen molar-refractivity contribution < 1.29 is 23.1 Å². The Kier molecular flexibility index (Phi) is 4.35. The van der Waals surface area contributed by atoms with Crippen molar-refractivity contribution in [2.24, 2.45) is 0 Å². The normalized spacial score (nSPS) is 11.2. The standard InChI is InChI=1S/C13H8F3IN2O2/c14-13(15,16)11-4-2-8(6-18-11)19-12(21)9-5-7(17)1-3-10(9)20/h1-6,20H,(H,19,21). The highest BCUT2D eigenvalue weighted by Crippen LogP contribution is 2.28. The van der Waals surface area contributed by atoms with Crippen LogP contribution in [0.15, 0.2) is 36.5 Å². The minimum Gasteiger partial charge on any atom is -0.507 e. The molecule has 21 heavy (non-hydrogen) atoms. The van der Waals surface area contributed by atoms with Gasteiger partial charge in [0, 0.05) is 3.57 Å². The Balaban J connectivity index is 2.18. The molecular weight excluding hydrogens is 400 g/mol. The van der Waals surface area contributed by atoms with Gasteiger partial charge < -0.3 is 10.4 Å². The van der Waals surface area contributed by atoms with E-state index in [2.05, 4.69) is 10.3 Å². The van der Waals surface area contributed by atoms with Crippen molar-refractivity contribution in [1.29, 1.82) is 0 Å². The number of hydrogen-bond acceptors (Lipinski definition) is 3. The average molecular weight is 408 g/mol.